The summed E-state index contributed by atoms with van der Waals surface area (Å²) in [7, 11) is 0. The number of hydrogen-bond acceptors (Lipinski definition) is 4. The molecule has 0 atom stereocenters. The van der Waals surface area contributed by atoms with E-state index in [1.165, 1.54) is 128 Å². The molecular formula is C32H64O6Zn. The Morgan fingerprint density at radius 1 is 0.308 bits per heavy atom. The topological polar surface area (TPSA) is 115 Å². The van der Waals surface area contributed by atoms with E-state index >= 15 is 0 Å². The molecule has 0 aromatic rings. The standard InChI is InChI=1S/2C16H32O3.Zn/c2*17-15-13-11-9-7-5-3-1-2-4-6-8-10-12-14-16(18)19;/h2*17H,1-15H2,(H,18,19);. The Balaban J connectivity index is -0.000000648. The minimum Gasteiger partial charge on any atom is -0.481 e. The van der Waals surface area contributed by atoms with Gasteiger partial charge in [-0.05, 0) is 25.7 Å². The van der Waals surface area contributed by atoms with Crippen molar-refractivity contribution in [1.29, 1.82) is 0 Å². The van der Waals surface area contributed by atoms with Crippen LogP contribution in [0.15, 0.2) is 0 Å². The van der Waals surface area contributed by atoms with E-state index in [2.05, 4.69) is 0 Å². The van der Waals surface area contributed by atoms with E-state index in [4.69, 9.17) is 20.4 Å². The fourth-order valence-corrected chi connectivity index (χ4v) is 4.67. The molecule has 0 spiro atoms. The summed E-state index contributed by atoms with van der Waals surface area (Å²) in [5, 5.41) is 34.3. The van der Waals surface area contributed by atoms with Crippen molar-refractivity contribution < 1.29 is 49.5 Å². The first-order valence-electron chi connectivity index (χ1n) is 16.2. The quantitative estimate of drug-likeness (QED) is 0.0477. The van der Waals surface area contributed by atoms with Gasteiger partial charge in [-0.2, -0.15) is 0 Å². The van der Waals surface area contributed by atoms with E-state index in [1.807, 2.05) is 0 Å². The number of carbonyl (C=O) groups is 2. The van der Waals surface area contributed by atoms with Crippen molar-refractivity contribution in [1.82, 2.24) is 0 Å². The maximum atomic E-state index is 10.3. The molecule has 0 aromatic carbocycles. The molecule has 39 heavy (non-hydrogen) atoms. The Kier molecular flexibility index (Phi) is 43.6. The number of aliphatic hydroxyl groups is 2. The first-order chi connectivity index (χ1) is 18.5. The van der Waals surface area contributed by atoms with Crippen molar-refractivity contribution in [3.05, 3.63) is 0 Å². The zero-order valence-electron chi connectivity index (χ0n) is 25.5. The Morgan fingerprint density at radius 3 is 0.615 bits per heavy atom. The minimum absolute atomic E-state index is 0. The molecule has 0 heterocycles. The molecule has 0 unspecified atom stereocenters. The SMILES string of the molecule is O=C(O)CCCCCCCCCCCCCCCO.O=C(O)CCCCCCCCCCCCCCCO.[Zn]. The number of rotatable bonds is 30. The van der Waals surface area contributed by atoms with Crippen LogP contribution in [0.4, 0.5) is 0 Å². The van der Waals surface area contributed by atoms with Crippen LogP contribution in [0.25, 0.3) is 0 Å². The van der Waals surface area contributed by atoms with Crippen molar-refractivity contribution in [2.24, 2.45) is 0 Å². The molecule has 0 aromatic heterocycles. The molecule has 230 valence electrons. The predicted molar refractivity (Wildman–Crippen MR) is 159 cm³/mol. The number of aliphatic hydroxyl groups excluding tert-OH is 2. The molecule has 0 fully saturated rings. The van der Waals surface area contributed by atoms with Crippen LogP contribution >= 0.6 is 0 Å². The largest absolute Gasteiger partial charge is 0.481 e. The summed E-state index contributed by atoms with van der Waals surface area (Å²) < 4.78 is 0. The number of carboxylic acids is 2. The number of unbranched alkanes of at least 4 members (excludes halogenated alkanes) is 24. The second kappa shape index (κ2) is 39.6. The third-order valence-corrected chi connectivity index (χ3v) is 7.10. The summed E-state index contributed by atoms with van der Waals surface area (Å²) in [6.45, 7) is 0.679. The molecule has 0 aliphatic heterocycles. The van der Waals surface area contributed by atoms with Gasteiger partial charge in [-0.3, -0.25) is 9.59 Å². The van der Waals surface area contributed by atoms with Crippen LogP contribution in [0.5, 0.6) is 0 Å². The summed E-state index contributed by atoms with van der Waals surface area (Å²) in [6, 6.07) is 0. The van der Waals surface area contributed by atoms with Crippen LogP contribution in [0.3, 0.4) is 0 Å². The fraction of sp³-hybridized carbons (Fsp3) is 0.938. The van der Waals surface area contributed by atoms with Crippen LogP contribution in [0.1, 0.15) is 180 Å². The zero-order valence-corrected chi connectivity index (χ0v) is 28.5. The number of carboxylic acid groups (broad SMARTS) is 2. The van der Waals surface area contributed by atoms with Crippen molar-refractivity contribution in [2.75, 3.05) is 13.2 Å². The molecule has 7 heteroatoms. The molecule has 0 aliphatic rings. The van der Waals surface area contributed by atoms with E-state index in [-0.39, 0.29) is 19.5 Å². The maximum Gasteiger partial charge on any atom is 0.303 e. The third-order valence-electron chi connectivity index (χ3n) is 7.10. The first-order valence-corrected chi connectivity index (χ1v) is 16.2. The summed E-state index contributed by atoms with van der Waals surface area (Å²) in [4.78, 5) is 20.6. The molecule has 0 aliphatic carbocycles. The van der Waals surface area contributed by atoms with Gasteiger partial charge in [0.05, 0.1) is 0 Å². The molecule has 6 nitrogen and oxygen atoms in total. The van der Waals surface area contributed by atoms with E-state index in [0.717, 1.165) is 38.5 Å². The molecule has 4 N–H and O–H groups in total. The number of hydrogen-bond donors (Lipinski definition) is 4. The van der Waals surface area contributed by atoms with Gasteiger partial charge in [0, 0.05) is 45.5 Å². The van der Waals surface area contributed by atoms with Crippen LogP contribution in [0.2, 0.25) is 0 Å². The van der Waals surface area contributed by atoms with E-state index in [0.29, 0.717) is 26.1 Å². The van der Waals surface area contributed by atoms with E-state index < -0.39 is 11.9 Å². The minimum atomic E-state index is -0.668. The normalized spacial score (nSPS) is 10.5. The zero-order chi connectivity index (χ0) is 28.4. The average Bonchev–Trinajstić information content (AvgIpc) is 2.89. The molecule has 0 bridgehead atoms. The van der Waals surface area contributed by atoms with Crippen molar-refractivity contribution in [2.45, 2.75) is 180 Å². The molecule has 0 saturated carbocycles. The van der Waals surface area contributed by atoms with Crippen LogP contribution in [-0.2, 0) is 29.1 Å². The predicted octanol–water partition coefficient (Wildman–Crippen LogP) is 9.05. The van der Waals surface area contributed by atoms with Gasteiger partial charge in [0.25, 0.3) is 0 Å². The van der Waals surface area contributed by atoms with Gasteiger partial charge < -0.3 is 20.4 Å². The molecule has 0 rings (SSSR count). The summed E-state index contributed by atoms with van der Waals surface area (Å²) >= 11 is 0. The average molecular weight is 610 g/mol. The fourth-order valence-electron chi connectivity index (χ4n) is 4.67. The maximum absolute atomic E-state index is 10.3. The molecular weight excluding hydrogens is 546 g/mol. The molecule has 0 amide bonds. The third kappa shape index (κ3) is 47.6. The number of aliphatic carboxylic acids is 2. The van der Waals surface area contributed by atoms with Gasteiger partial charge in [0.2, 0.25) is 0 Å². The van der Waals surface area contributed by atoms with E-state index in [9.17, 15) is 9.59 Å². The molecule has 0 saturated heterocycles. The van der Waals surface area contributed by atoms with Crippen LogP contribution in [0, 0.1) is 0 Å². The van der Waals surface area contributed by atoms with E-state index in [1.54, 1.807) is 0 Å². The van der Waals surface area contributed by atoms with Crippen molar-refractivity contribution >= 4 is 11.9 Å². The van der Waals surface area contributed by atoms with Gasteiger partial charge in [-0.25, -0.2) is 0 Å². The van der Waals surface area contributed by atoms with Crippen molar-refractivity contribution in [3.63, 3.8) is 0 Å². The van der Waals surface area contributed by atoms with Crippen LogP contribution < -0.4 is 0 Å². The Hall–Kier alpha value is -0.517. The Morgan fingerprint density at radius 2 is 0.462 bits per heavy atom. The Labute approximate surface area is 253 Å². The van der Waals surface area contributed by atoms with Gasteiger partial charge in [0.15, 0.2) is 0 Å². The van der Waals surface area contributed by atoms with Gasteiger partial charge in [-0.1, -0.05) is 141 Å². The summed E-state index contributed by atoms with van der Waals surface area (Å²) in [6.07, 6.45) is 32.1. The van der Waals surface area contributed by atoms with Gasteiger partial charge >= 0.3 is 11.9 Å². The summed E-state index contributed by atoms with van der Waals surface area (Å²) in [5.41, 5.74) is 0. The Bertz CT molecular complexity index is 434. The van der Waals surface area contributed by atoms with Crippen LogP contribution in [-0.4, -0.2) is 45.6 Å². The second-order valence-electron chi connectivity index (χ2n) is 10.9. The summed E-state index contributed by atoms with van der Waals surface area (Å²) in [5.74, 6) is -1.34. The van der Waals surface area contributed by atoms with Crippen molar-refractivity contribution in [3.8, 4) is 0 Å². The van der Waals surface area contributed by atoms with Gasteiger partial charge in [-0.15, -0.1) is 0 Å². The second-order valence-corrected chi connectivity index (χ2v) is 10.9. The first kappa shape index (κ1) is 42.9. The smallest absolute Gasteiger partial charge is 0.303 e. The van der Waals surface area contributed by atoms with Gasteiger partial charge in [0.1, 0.15) is 0 Å². The molecule has 0 radical (unpaired) electrons. The monoisotopic (exact) mass is 608 g/mol.